The van der Waals surface area contributed by atoms with E-state index in [4.69, 9.17) is 10.5 Å². The van der Waals surface area contributed by atoms with Crippen molar-refractivity contribution in [3.05, 3.63) is 35.4 Å². The molecule has 6 heteroatoms. The summed E-state index contributed by atoms with van der Waals surface area (Å²) in [4.78, 5) is 36.6. The van der Waals surface area contributed by atoms with Gasteiger partial charge in [0.2, 0.25) is 11.8 Å². The number of carbonyl (C=O) groups excluding carboxylic acids is 3. The number of nitrogens with zero attached hydrogens (tertiary/aromatic N) is 1. The third kappa shape index (κ3) is 4.55. The molecule has 124 valence electrons. The van der Waals surface area contributed by atoms with E-state index in [9.17, 15) is 14.4 Å². The number of ether oxygens (including phenoxy) is 1. The Bertz CT molecular complexity index is 616. The minimum absolute atomic E-state index is 0.0787. The van der Waals surface area contributed by atoms with Gasteiger partial charge in [-0.05, 0) is 38.5 Å². The fourth-order valence-electron chi connectivity index (χ4n) is 2.42. The molecule has 2 N–H and O–H groups in total. The molecule has 23 heavy (non-hydrogen) atoms. The highest BCUT2D eigenvalue weighted by Crippen LogP contribution is 2.20. The molecule has 1 atom stereocenters. The normalized spacial score (nSPS) is 18.1. The monoisotopic (exact) mass is 318 g/mol. The number of hydrogen-bond acceptors (Lipinski definition) is 4. The van der Waals surface area contributed by atoms with Crippen LogP contribution in [-0.2, 0) is 20.9 Å². The van der Waals surface area contributed by atoms with Crippen molar-refractivity contribution >= 4 is 17.8 Å². The lowest BCUT2D eigenvalue weighted by atomic mass is 10.1. The molecule has 0 saturated carbocycles. The van der Waals surface area contributed by atoms with Crippen LogP contribution in [0.25, 0.3) is 0 Å². The number of amides is 2. The summed E-state index contributed by atoms with van der Waals surface area (Å²) in [6, 6.07) is 6.92. The van der Waals surface area contributed by atoms with Gasteiger partial charge in [-0.1, -0.05) is 12.1 Å². The van der Waals surface area contributed by atoms with E-state index >= 15 is 0 Å². The van der Waals surface area contributed by atoms with Crippen molar-refractivity contribution in [2.75, 3.05) is 6.54 Å². The van der Waals surface area contributed by atoms with Gasteiger partial charge in [-0.15, -0.1) is 0 Å². The third-order valence-electron chi connectivity index (χ3n) is 3.58. The Morgan fingerprint density at radius 2 is 1.87 bits per heavy atom. The lowest BCUT2D eigenvalue weighted by Crippen LogP contribution is -2.28. The fraction of sp³-hybridized carbons (Fsp3) is 0.471. The quantitative estimate of drug-likeness (QED) is 0.851. The van der Waals surface area contributed by atoms with Crippen molar-refractivity contribution in [2.24, 2.45) is 11.7 Å². The number of benzene rings is 1. The van der Waals surface area contributed by atoms with Gasteiger partial charge in [-0.3, -0.25) is 9.59 Å². The molecule has 1 fully saturated rings. The van der Waals surface area contributed by atoms with Crippen molar-refractivity contribution in [3.63, 3.8) is 0 Å². The van der Waals surface area contributed by atoms with Crippen LogP contribution >= 0.6 is 0 Å². The Labute approximate surface area is 135 Å². The van der Waals surface area contributed by atoms with Gasteiger partial charge >= 0.3 is 5.97 Å². The zero-order chi connectivity index (χ0) is 17.2. The van der Waals surface area contributed by atoms with E-state index in [0.717, 1.165) is 5.56 Å². The minimum Gasteiger partial charge on any atom is -0.456 e. The molecular weight excluding hydrogens is 296 g/mol. The average molecular weight is 318 g/mol. The first-order chi connectivity index (χ1) is 10.7. The number of likely N-dealkylation sites (tertiary alicyclic amines) is 1. The molecule has 1 aromatic carbocycles. The second kappa shape index (κ2) is 6.40. The molecule has 1 heterocycles. The Morgan fingerprint density at radius 3 is 2.35 bits per heavy atom. The number of rotatable bonds is 4. The topological polar surface area (TPSA) is 89.7 Å². The maximum absolute atomic E-state index is 11.9. The number of esters is 1. The van der Waals surface area contributed by atoms with Crippen molar-refractivity contribution in [1.82, 2.24) is 4.90 Å². The minimum atomic E-state index is -0.540. The van der Waals surface area contributed by atoms with E-state index < -0.39 is 17.4 Å². The molecular formula is C17H22N2O4. The Morgan fingerprint density at radius 1 is 1.26 bits per heavy atom. The van der Waals surface area contributed by atoms with Crippen LogP contribution in [0.15, 0.2) is 24.3 Å². The summed E-state index contributed by atoms with van der Waals surface area (Å²) < 4.78 is 5.30. The van der Waals surface area contributed by atoms with Crippen LogP contribution in [0.5, 0.6) is 0 Å². The van der Waals surface area contributed by atoms with E-state index in [2.05, 4.69) is 0 Å². The molecule has 1 aliphatic heterocycles. The summed E-state index contributed by atoms with van der Waals surface area (Å²) >= 11 is 0. The first-order valence-corrected chi connectivity index (χ1v) is 7.55. The maximum Gasteiger partial charge on any atom is 0.338 e. The van der Waals surface area contributed by atoms with E-state index in [-0.39, 0.29) is 18.3 Å². The zero-order valence-corrected chi connectivity index (χ0v) is 13.7. The van der Waals surface area contributed by atoms with Gasteiger partial charge in [0, 0.05) is 19.5 Å². The smallest absolute Gasteiger partial charge is 0.338 e. The molecule has 1 saturated heterocycles. The number of carbonyl (C=O) groups is 3. The van der Waals surface area contributed by atoms with E-state index in [1.165, 1.54) is 0 Å². The van der Waals surface area contributed by atoms with Crippen LogP contribution in [0, 0.1) is 5.92 Å². The summed E-state index contributed by atoms with van der Waals surface area (Å²) in [7, 11) is 0. The van der Waals surface area contributed by atoms with Crippen molar-refractivity contribution < 1.29 is 19.1 Å². The van der Waals surface area contributed by atoms with Crippen LogP contribution in [0.1, 0.15) is 43.1 Å². The second-order valence-corrected chi connectivity index (χ2v) is 6.78. The summed E-state index contributed by atoms with van der Waals surface area (Å²) in [5.74, 6) is -1.32. The van der Waals surface area contributed by atoms with Gasteiger partial charge < -0.3 is 15.4 Å². The molecule has 1 unspecified atom stereocenters. The van der Waals surface area contributed by atoms with Crippen LogP contribution in [-0.4, -0.2) is 34.8 Å². The maximum atomic E-state index is 11.9. The first-order valence-electron chi connectivity index (χ1n) is 7.55. The van der Waals surface area contributed by atoms with Gasteiger partial charge in [0.15, 0.2) is 0 Å². The standard InChI is InChI=1S/C17H22N2O4/c1-17(2,3)23-16(22)12-6-4-11(5-7-12)9-19-10-13(15(18)21)8-14(19)20/h4-7,13H,8-10H2,1-3H3,(H2,18,21). The highest BCUT2D eigenvalue weighted by Gasteiger charge is 2.32. The molecule has 0 radical (unpaired) electrons. The van der Waals surface area contributed by atoms with Crippen LogP contribution in [0.3, 0.4) is 0 Å². The molecule has 6 nitrogen and oxygen atoms in total. The lowest BCUT2D eigenvalue weighted by molar-refractivity contribution is -0.128. The SMILES string of the molecule is CC(C)(C)OC(=O)c1ccc(CN2CC(C(N)=O)CC2=O)cc1. The Balaban J connectivity index is 1.99. The zero-order valence-electron chi connectivity index (χ0n) is 13.7. The van der Waals surface area contributed by atoms with Gasteiger partial charge in [-0.25, -0.2) is 4.79 Å². The van der Waals surface area contributed by atoms with E-state index in [1.54, 1.807) is 29.2 Å². The average Bonchev–Trinajstić information content (AvgIpc) is 2.79. The Kier molecular flexibility index (Phi) is 4.73. The van der Waals surface area contributed by atoms with E-state index in [1.807, 2.05) is 20.8 Å². The summed E-state index contributed by atoms with van der Waals surface area (Å²) in [5, 5.41) is 0. The van der Waals surface area contributed by atoms with Crippen LogP contribution < -0.4 is 5.73 Å². The largest absolute Gasteiger partial charge is 0.456 e. The number of nitrogens with two attached hydrogens (primary N) is 1. The predicted molar refractivity (Wildman–Crippen MR) is 84.3 cm³/mol. The summed E-state index contributed by atoms with van der Waals surface area (Å²) in [5.41, 5.74) is 6.06. The second-order valence-electron chi connectivity index (χ2n) is 6.78. The fourth-order valence-corrected chi connectivity index (χ4v) is 2.42. The summed E-state index contributed by atoms with van der Waals surface area (Å²) in [6.07, 6.45) is 0.172. The van der Waals surface area contributed by atoms with Gasteiger partial charge in [-0.2, -0.15) is 0 Å². The molecule has 0 aromatic heterocycles. The molecule has 0 spiro atoms. The molecule has 1 aromatic rings. The van der Waals surface area contributed by atoms with Crippen LogP contribution in [0.4, 0.5) is 0 Å². The summed E-state index contributed by atoms with van der Waals surface area (Å²) in [6.45, 7) is 6.19. The third-order valence-corrected chi connectivity index (χ3v) is 3.58. The molecule has 0 aliphatic carbocycles. The highest BCUT2D eigenvalue weighted by atomic mass is 16.6. The lowest BCUT2D eigenvalue weighted by Gasteiger charge is -2.20. The van der Waals surface area contributed by atoms with Gasteiger partial charge in [0.1, 0.15) is 5.60 Å². The van der Waals surface area contributed by atoms with Crippen molar-refractivity contribution in [2.45, 2.75) is 39.3 Å². The first kappa shape index (κ1) is 17.0. The highest BCUT2D eigenvalue weighted by molar-refractivity contribution is 5.90. The van der Waals surface area contributed by atoms with Crippen molar-refractivity contribution in [1.29, 1.82) is 0 Å². The molecule has 1 aliphatic rings. The van der Waals surface area contributed by atoms with E-state index in [0.29, 0.717) is 18.7 Å². The molecule has 0 bridgehead atoms. The van der Waals surface area contributed by atoms with Crippen molar-refractivity contribution in [3.8, 4) is 0 Å². The van der Waals surface area contributed by atoms with Gasteiger partial charge in [0.05, 0.1) is 11.5 Å². The Hall–Kier alpha value is -2.37. The number of primary amides is 1. The molecule has 2 rings (SSSR count). The van der Waals surface area contributed by atoms with Crippen LogP contribution in [0.2, 0.25) is 0 Å². The van der Waals surface area contributed by atoms with Gasteiger partial charge in [0.25, 0.3) is 0 Å². The number of hydrogen-bond donors (Lipinski definition) is 1. The molecule has 2 amide bonds. The predicted octanol–water partition coefficient (Wildman–Crippen LogP) is 1.48.